The molecule has 2 rings (SSSR count). The summed E-state index contributed by atoms with van der Waals surface area (Å²) in [5.74, 6) is -0.624. The maximum absolute atomic E-state index is 11.5. The highest BCUT2D eigenvalue weighted by Gasteiger charge is 2.51. The molecule has 0 bridgehead atoms. The topological polar surface area (TPSA) is 113 Å². The summed E-state index contributed by atoms with van der Waals surface area (Å²) in [7, 11) is -4.60. The van der Waals surface area contributed by atoms with Crippen LogP contribution in [0.4, 0.5) is 4.79 Å². The number of para-hydroxylation sites is 1. The van der Waals surface area contributed by atoms with E-state index in [0.717, 1.165) is 0 Å². The molecule has 108 valence electrons. The van der Waals surface area contributed by atoms with Gasteiger partial charge in [0.15, 0.2) is 0 Å². The zero-order valence-electron chi connectivity index (χ0n) is 10.4. The Morgan fingerprint density at radius 3 is 2.45 bits per heavy atom. The van der Waals surface area contributed by atoms with E-state index in [1.807, 2.05) is 0 Å². The Balaban J connectivity index is 1.96. The average Bonchev–Trinajstić information content (AvgIpc) is 2.36. The fourth-order valence-corrected chi connectivity index (χ4v) is 2.74. The standard InChI is InChI=1S/C11H12N2O6S/c1-7-9(10(14)13(7)20(16,17)18)12-11(15)19-8-5-3-2-4-6-8/h2-7,9H,1H3,(H,12,15)(H,16,17,18)/t7-,9-/m0/s1. The Labute approximate surface area is 115 Å². The molecule has 0 aliphatic carbocycles. The molecule has 1 heterocycles. The van der Waals surface area contributed by atoms with Crippen LogP contribution in [0.15, 0.2) is 30.3 Å². The third-order valence-electron chi connectivity index (χ3n) is 2.81. The number of nitrogens with one attached hydrogen (secondary N) is 1. The number of hydrogen-bond acceptors (Lipinski definition) is 5. The maximum atomic E-state index is 11.5. The van der Waals surface area contributed by atoms with Crippen LogP contribution in [-0.2, 0) is 15.1 Å². The van der Waals surface area contributed by atoms with E-state index in [-0.39, 0.29) is 5.75 Å². The molecule has 20 heavy (non-hydrogen) atoms. The van der Waals surface area contributed by atoms with Crippen LogP contribution >= 0.6 is 0 Å². The van der Waals surface area contributed by atoms with Crippen molar-refractivity contribution >= 4 is 22.3 Å². The summed E-state index contributed by atoms with van der Waals surface area (Å²) in [4.78, 5) is 23.1. The van der Waals surface area contributed by atoms with Crippen LogP contribution in [0.3, 0.4) is 0 Å². The molecule has 2 amide bonds. The molecule has 1 saturated heterocycles. The molecular formula is C11H12N2O6S. The van der Waals surface area contributed by atoms with E-state index in [9.17, 15) is 18.0 Å². The van der Waals surface area contributed by atoms with Crippen molar-refractivity contribution in [2.24, 2.45) is 0 Å². The van der Waals surface area contributed by atoms with E-state index in [1.54, 1.807) is 30.3 Å². The predicted molar refractivity (Wildman–Crippen MR) is 67.2 cm³/mol. The first kappa shape index (κ1) is 14.3. The molecule has 1 aromatic carbocycles. The van der Waals surface area contributed by atoms with Crippen LogP contribution < -0.4 is 10.1 Å². The van der Waals surface area contributed by atoms with Crippen molar-refractivity contribution in [1.82, 2.24) is 9.62 Å². The van der Waals surface area contributed by atoms with Gasteiger partial charge in [0.2, 0.25) is 0 Å². The summed E-state index contributed by atoms with van der Waals surface area (Å²) >= 11 is 0. The van der Waals surface area contributed by atoms with Gasteiger partial charge in [0, 0.05) is 0 Å². The first-order chi connectivity index (χ1) is 9.30. The van der Waals surface area contributed by atoms with E-state index >= 15 is 0 Å². The van der Waals surface area contributed by atoms with Crippen molar-refractivity contribution < 1.29 is 27.3 Å². The lowest BCUT2D eigenvalue weighted by atomic mass is 10.0. The lowest BCUT2D eigenvalue weighted by molar-refractivity contribution is -0.141. The lowest BCUT2D eigenvalue weighted by Crippen LogP contribution is -2.70. The third-order valence-corrected chi connectivity index (χ3v) is 3.82. The Morgan fingerprint density at radius 1 is 1.35 bits per heavy atom. The van der Waals surface area contributed by atoms with E-state index in [2.05, 4.69) is 5.32 Å². The highest BCUT2D eigenvalue weighted by atomic mass is 32.2. The summed E-state index contributed by atoms with van der Waals surface area (Å²) in [5, 5.41) is 2.24. The number of amides is 2. The van der Waals surface area contributed by atoms with Gasteiger partial charge in [-0.25, -0.2) is 9.10 Å². The highest BCUT2D eigenvalue weighted by Crippen LogP contribution is 2.23. The first-order valence-electron chi connectivity index (χ1n) is 5.65. The minimum atomic E-state index is -4.60. The quantitative estimate of drug-likeness (QED) is 0.608. The van der Waals surface area contributed by atoms with Gasteiger partial charge in [-0.3, -0.25) is 9.35 Å². The average molecular weight is 300 g/mol. The van der Waals surface area contributed by atoms with Crippen molar-refractivity contribution in [3.63, 3.8) is 0 Å². The Morgan fingerprint density at radius 2 is 1.95 bits per heavy atom. The van der Waals surface area contributed by atoms with E-state index in [4.69, 9.17) is 9.29 Å². The van der Waals surface area contributed by atoms with Gasteiger partial charge < -0.3 is 10.1 Å². The van der Waals surface area contributed by atoms with Crippen molar-refractivity contribution in [2.75, 3.05) is 0 Å². The molecule has 0 radical (unpaired) electrons. The number of benzene rings is 1. The number of rotatable bonds is 3. The van der Waals surface area contributed by atoms with Crippen molar-refractivity contribution in [3.8, 4) is 5.75 Å². The fraction of sp³-hybridized carbons (Fsp3) is 0.273. The molecule has 1 aliphatic heterocycles. The highest BCUT2D eigenvalue weighted by molar-refractivity contribution is 7.84. The molecule has 1 aromatic rings. The Bertz CT molecular complexity index is 630. The molecule has 0 spiro atoms. The second kappa shape index (κ2) is 5.10. The van der Waals surface area contributed by atoms with Gasteiger partial charge >= 0.3 is 16.4 Å². The van der Waals surface area contributed by atoms with Crippen LogP contribution in [0.2, 0.25) is 0 Å². The van der Waals surface area contributed by atoms with E-state index in [0.29, 0.717) is 4.31 Å². The molecule has 0 unspecified atom stereocenters. The largest absolute Gasteiger partial charge is 0.413 e. The van der Waals surface area contributed by atoms with Crippen LogP contribution in [0.25, 0.3) is 0 Å². The molecule has 2 N–H and O–H groups in total. The molecule has 8 nitrogen and oxygen atoms in total. The van der Waals surface area contributed by atoms with Crippen LogP contribution in [-0.4, -0.2) is 41.4 Å². The smallest absolute Gasteiger partial charge is 0.410 e. The number of carbonyl (C=O) groups is 2. The van der Waals surface area contributed by atoms with Crippen LogP contribution in [0.5, 0.6) is 5.75 Å². The van der Waals surface area contributed by atoms with Gasteiger partial charge in [0.1, 0.15) is 11.8 Å². The second-order valence-corrected chi connectivity index (χ2v) is 5.47. The van der Waals surface area contributed by atoms with Gasteiger partial charge in [-0.2, -0.15) is 8.42 Å². The number of hydrogen-bond donors (Lipinski definition) is 2. The molecule has 0 saturated carbocycles. The summed E-state index contributed by atoms with van der Waals surface area (Å²) in [6, 6.07) is 6.26. The van der Waals surface area contributed by atoms with Gasteiger partial charge in [-0.15, -0.1) is 0 Å². The monoisotopic (exact) mass is 300 g/mol. The third kappa shape index (κ3) is 2.73. The van der Waals surface area contributed by atoms with Gasteiger partial charge in [0.05, 0.1) is 6.04 Å². The van der Waals surface area contributed by atoms with E-state index < -0.39 is 34.4 Å². The molecule has 9 heteroatoms. The molecule has 1 fully saturated rings. The van der Waals surface area contributed by atoms with Crippen LogP contribution in [0.1, 0.15) is 6.92 Å². The zero-order valence-corrected chi connectivity index (χ0v) is 11.2. The van der Waals surface area contributed by atoms with E-state index in [1.165, 1.54) is 6.92 Å². The second-order valence-electron chi connectivity index (χ2n) is 4.18. The Hall–Kier alpha value is -2.13. The molecule has 2 atom stereocenters. The summed E-state index contributed by atoms with van der Waals surface area (Å²) < 4.78 is 35.7. The Kier molecular flexibility index (Phi) is 3.64. The molecule has 0 aromatic heterocycles. The summed E-state index contributed by atoms with van der Waals surface area (Å²) in [6.45, 7) is 1.38. The van der Waals surface area contributed by atoms with Crippen molar-refractivity contribution in [1.29, 1.82) is 0 Å². The normalized spacial score (nSPS) is 22.1. The predicted octanol–water partition coefficient (Wildman–Crippen LogP) is 0.177. The van der Waals surface area contributed by atoms with Gasteiger partial charge in [-0.05, 0) is 19.1 Å². The van der Waals surface area contributed by atoms with Crippen LogP contribution in [0, 0.1) is 0 Å². The fourth-order valence-electron chi connectivity index (χ4n) is 1.86. The maximum Gasteiger partial charge on any atom is 0.413 e. The lowest BCUT2D eigenvalue weighted by Gasteiger charge is -2.41. The minimum Gasteiger partial charge on any atom is -0.410 e. The summed E-state index contributed by atoms with van der Waals surface area (Å²) in [5.41, 5.74) is 0. The van der Waals surface area contributed by atoms with Gasteiger partial charge in [0.25, 0.3) is 5.91 Å². The molecular weight excluding hydrogens is 288 g/mol. The van der Waals surface area contributed by atoms with Crippen molar-refractivity contribution in [3.05, 3.63) is 30.3 Å². The SMILES string of the molecule is C[C@H]1[C@H](NC(=O)Oc2ccccc2)C(=O)N1S(=O)(=O)O. The molecule has 1 aliphatic rings. The zero-order chi connectivity index (χ0) is 14.9. The number of carbonyl (C=O) groups excluding carboxylic acids is 2. The number of β-lactam (4-membered cyclic amide) rings is 1. The minimum absolute atomic E-state index is 0.288. The number of nitrogens with zero attached hydrogens (tertiary/aromatic N) is 1. The van der Waals surface area contributed by atoms with Gasteiger partial charge in [-0.1, -0.05) is 18.2 Å². The summed E-state index contributed by atoms with van der Waals surface area (Å²) in [6.07, 6.45) is -0.878. The first-order valence-corrected chi connectivity index (χ1v) is 7.04. The number of ether oxygens (including phenoxy) is 1. The van der Waals surface area contributed by atoms with Crippen molar-refractivity contribution in [2.45, 2.75) is 19.0 Å².